The van der Waals surface area contributed by atoms with Crippen LogP contribution in [0.3, 0.4) is 0 Å². The van der Waals surface area contributed by atoms with Crippen molar-refractivity contribution in [3.8, 4) is 5.75 Å². The van der Waals surface area contributed by atoms with Crippen LogP contribution in [0.4, 0.5) is 11.4 Å². The van der Waals surface area contributed by atoms with Gasteiger partial charge in [0.15, 0.2) is 0 Å². The van der Waals surface area contributed by atoms with Crippen molar-refractivity contribution in [2.24, 2.45) is 0 Å². The number of hydrogen-bond acceptors (Lipinski definition) is 3. The topological polar surface area (TPSA) is 29.5 Å². The number of esters is 1. The number of rotatable bonds is 5. The molecule has 0 bridgehead atoms. The summed E-state index contributed by atoms with van der Waals surface area (Å²) < 4.78 is 5.17. The van der Waals surface area contributed by atoms with Crippen molar-refractivity contribution in [1.29, 1.82) is 0 Å². The third-order valence-corrected chi connectivity index (χ3v) is 7.53. The van der Waals surface area contributed by atoms with Crippen LogP contribution in [0.5, 0.6) is 5.75 Å². The van der Waals surface area contributed by atoms with E-state index in [0.29, 0.717) is 17.7 Å². The molecule has 0 radical (unpaired) electrons. The lowest BCUT2D eigenvalue weighted by atomic mass is 9.82. The van der Waals surface area contributed by atoms with Crippen molar-refractivity contribution < 1.29 is 9.53 Å². The number of fused-ring (bicyclic) bond motifs is 4. The van der Waals surface area contributed by atoms with E-state index in [0.717, 1.165) is 5.56 Å². The Labute approximate surface area is 212 Å². The Morgan fingerprint density at radius 1 is 0.833 bits per heavy atom. The van der Waals surface area contributed by atoms with E-state index in [-0.39, 0.29) is 0 Å². The standard InChI is InChI=1S/C33H29NO2/c1-2-33(35)36-26-19-16-23(17-20-26)14-15-24-18-21-32-29(22-24)28-11-5-6-12-31(28)34(32)30-13-7-9-25-8-3-4-10-27(25)30/h2-4,7-10,13-22,28,31H,1,5-6,11-12H2. The number of hydrogen-bond donors (Lipinski definition) is 0. The Morgan fingerprint density at radius 3 is 2.44 bits per heavy atom. The highest BCUT2D eigenvalue weighted by molar-refractivity contribution is 5.97. The number of anilines is 2. The highest BCUT2D eigenvalue weighted by Crippen LogP contribution is 2.52. The van der Waals surface area contributed by atoms with Gasteiger partial charge >= 0.3 is 5.97 Å². The fraction of sp³-hybridized carbons (Fsp3) is 0.182. The molecule has 0 N–H and O–H groups in total. The van der Waals surface area contributed by atoms with Gasteiger partial charge in [-0.15, -0.1) is 0 Å². The maximum Gasteiger partial charge on any atom is 0.335 e. The smallest absolute Gasteiger partial charge is 0.335 e. The molecule has 178 valence electrons. The molecule has 0 aromatic heterocycles. The highest BCUT2D eigenvalue weighted by Gasteiger charge is 2.40. The van der Waals surface area contributed by atoms with E-state index in [4.69, 9.17) is 4.74 Å². The molecule has 1 heterocycles. The van der Waals surface area contributed by atoms with Crippen LogP contribution in [0.15, 0.2) is 97.6 Å². The summed E-state index contributed by atoms with van der Waals surface area (Å²) in [5, 5.41) is 2.61. The van der Waals surface area contributed by atoms with Crippen molar-refractivity contribution in [2.75, 3.05) is 4.90 Å². The molecule has 1 fully saturated rings. The van der Waals surface area contributed by atoms with Crippen LogP contribution in [-0.2, 0) is 4.79 Å². The second-order valence-corrected chi connectivity index (χ2v) is 9.67. The van der Waals surface area contributed by atoms with Gasteiger partial charge in [0.1, 0.15) is 5.75 Å². The Hall–Kier alpha value is -4.11. The van der Waals surface area contributed by atoms with E-state index in [1.165, 1.54) is 65.0 Å². The number of benzene rings is 4. The third-order valence-electron chi connectivity index (χ3n) is 7.53. The summed E-state index contributed by atoms with van der Waals surface area (Å²) in [5.74, 6) is 0.640. The van der Waals surface area contributed by atoms with Gasteiger partial charge in [-0.2, -0.15) is 0 Å². The fourth-order valence-electron chi connectivity index (χ4n) is 5.88. The van der Waals surface area contributed by atoms with E-state index in [9.17, 15) is 4.79 Å². The summed E-state index contributed by atoms with van der Waals surface area (Å²) >= 11 is 0. The molecule has 2 atom stereocenters. The molecule has 6 rings (SSSR count). The minimum atomic E-state index is -0.449. The molecular formula is C33H29NO2. The van der Waals surface area contributed by atoms with Crippen LogP contribution in [0, 0.1) is 0 Å². The largest absolute Gasteiger partial charge is 0.423 e. The molecule has 4 aromatic rings. The number of carbonyl (C=O) groups excluding carboxylic acids is 1. The molecule has 2 aliphatic rings. The summed E-state index contributed by atoms with van der Waals surface area (Å²) in [6.45, 7) is 3.43. The molecule has 1 aliphatic heterocycles. The van der Waals surface area contributed by atoms with E-state index < -0.39 is 5.97 Å². The summed E-state index contributed by atoms with van der Waals surface area (Å²) in [4.78, 5) is 14.0. The minimum Gasteiger partial charge on any atom is -0.423 e. The number of nitrogens with zero attached hydrogens (tertiary/aromatic N) is 1. The van der Waals surface area contributed by atoms with Crippen molar-refractivity contribution in [3.05, 3.63) is 114 Å². The predicted molar refractivity (Wildman–Crippen MR) is 149 cm³/mol. The van der Waals surface area contributed by atoms with Crippen LogP contribution < -0.4 is 9.64 Å². The molecule has 1 aliphatic carbocycles. The van der Waals surface area contributed by atoms with E-state index in [1.807, 2.05) is 12.1 Å². The van der Waals surface area contributed by atoms with Gasteiger partial charge in [-0.05, 0) is 65.3 Å². The van der Waals surface area contributed by atoms with Crippen LogP contribution in [0.2, 0.25) is 0 Å². The maximum absolute atomic E-state index is 11.4. The summed E-state index contributed by atoms with van der Waals surface area (Å²) in [6, 6.07) is 30.4. The molecule has 0 spiro atoms. The molecule has 0 amide bonds. The maximum atomic E-state index is 11.4. The van der Waals surface area contributed by atoms with Gasteiger partial charge in [0.25, 0.3) is 0 Å². The van der Waals surface area contributed by atoms with Gasteiger partial charge in [-0.1, -0.05) is 86.2 Å². The lowest BCUT2D eigenvalue weighted by Crippen LogP contribution is -2.32. The minimum absolute atomic E-state index is 0.449. The Morgan fingerprint density at radius 2 is 1.58 bits per heavy atom. The van der Waals surface area contributed by atoms with Crippen molar-refractivity contribution in [2.45, 2.75) is 37.6 Å². The molecule has 0 saturated heterocycles. The van der Waals surface area contributed by atoms with Gasteiger partial charge in [0.2, 0.25) is 0 Å². The first-order valence-corrected chi connectivity index (χ1v) is 12.7. The van der Waals surface area contributed by atoms with E-state index in [2.05, 4.69) is 84.3 Å². The Kier molecular flexibility index (Phi) is 5.90. The third kappa shape index (κ3) is 4.11. The van der Waals surface area contributed by atoms with Crippen LogP contribution in [0.1, 0.15) is 48.3 Å². The summed E-state index contributed by atoms with van der Waals surface area (Å²) in [6.07, 6.45) is 10.5. The van der Waals surface area contributed by atoms with Crippen LogP contribution >= 0.6 is 0 Å². The van der Waals surface area contributed by atoms with Crippen molar-refractivity contribution >= 4 is 40.3 Å². The summed E-state index contributed by atoms with van der Waals surface area (Å²) in [5.41, 5.74) is 6.42. The van der Waals surface area contributed by atoms with Gasteiger partial charge < -0.3 is 9.64 Å². The highest BCUT2D eigenvalue weighted by atomic mass is 16.5. The van der Waals surface area contributed by atoms with Crippen molar-refractivity contribution in [3.63, 3.8) is 0 Å². The lowest BCUT2D eigenvalue weighted by Gasteiger charge is -2.34. The van der Waals surface area contributed by atoms with Gasteiger partial charge in [-0.3, -0.25) is 0 Å². The predicted octanol–water partition coefficient (Wildman–Crippen LogP) is 8.28. The van der Waals surface area contributed by atoms with Gasteiger partial charge in [0, 0.05) is 34.8 Å². The first-order valence-electron chi connectivity index (χ1n) is 12.7. The molecule has 2 unspecified atom stereocenters. The Bertz CT molecular complexity index is 1460. The molecule has 36 heavy (non-hydrogen) atoms. The summed E-state index contributed by atoms with van der Waals surface area (Å²) in [7, 11) is 0. The van der Waals surface area contributed by atoms with E-state index in [1.54, 1.807) is 12.1 Å². The lowest BCUT2D eigenvalue weighted by molar-refractivity contribution is -0.128. The fourth-order valence-corrected chi connectivity index (χ4v) is 5.88. The molecule has 1 saturated carbocycles. The zero-order valence-corrected chi connectivity index (χ0v) is 20.3. The SMILES string of the molecule is C=CC(=O)Oc1ccc(C=Cc2ccc3c(c2)C2CCCCC2N3c2cccc3ccccc23)cc1. The normalized spacial score (nSPS) is 18.7. The zero-order chi connectivity index (χ0) is 24.5. The van der Waals surface area contributed by atoms with E-state index >= 15 is 0 Å². The van der Waals surface area contributed by atoms with Crippen molar-refractivity contribution in [1.82, 2.24) is 0 Å². The second kappa shape index (κ2) is 9.50. The number of ether oxygens (including phenoxy) is 1. The first kappa shape index (κ1) is 22.4. The zero-order valence-electron chi connectivity index (χ0n) is 20.3. The molecular weight excluding hydrogens is 442 g/mol. The quantitative estimate of drug-likeness (QED) is 0.127. The molecule has 3 heteroatoms. The Balaban J connectivity index is 1.32. The van der Waals surface area contributed by atoms with Crippen LogP contribution in [-0.4, -0.2) is 12.0 Å². The average Bonchev–Trinajstić information content (AvgIpc) is 3.26. The molecule has 4 aromatic carbocycles. The van der Waals surface area contributed by atoms with Gasteiger partial charge in [0.05, 0.1) is 0 Å². The second-order valence-electron chi connectivity index (χ2n) is 9.67. The monoisotopic (exact) mass is 471 g/mol. The number of carbonyl (C=O) groups is 1. The first-order chi connectivity index (χ1) is 17.7. The molecule has 3 nitrogen and oxygen atoms in total. The van der Waals surface area contributed by atoms with Crippen LogP contribution in [0.25, 0.3) is 22.9 Å². The average molecular weight is 472 g/mol. The van der Waals surface area contributed by atoms with Gasteiger partial charge in [-0.25, -0.2) is 4.79 Å².